The minimum absolute atomic E-state index is 0.141. The zero-order chi connectivity index (χ0) is 19.8. The van der Waals surface area contributed by atoms with E-state index < -0.39 is 6.10 Å². The number of likely N-dealkylation sites (N-methyl/N-ethyl adjacent to an activating group) is 1. The first-order valence-electron chi connectivity index (χ1n) is 8.87. The summed E-state index contributed by atoms with van der Waals surface area (Å²) in [6, 6.07) is 14.6. The van der Waals surface area contributed by atoms with E-state index in [4.69, 9.17) is 9.26 Å². The molecule has 0 radical (unpaired) electrons. The van der Waals surface area contributed by atoms with Crippen LogP contribution in [0.4, 0.5) is 11.4 Å². The molecule has 1 N–H and O–H groups in total. The molecule has 0 saturated carbocycles. The molecule has 2 amide bonds. The Kier molecular flexibility index (Phi) is 4.35. The van der Waals surface area contributed by atoms with Crippen molar-refractivity contribution in [2.24, 2.45) is 0 Å². The maximum Gasteiger partial charge on any atom is 0.267 e. The van der Waals surface area contributed by atoms with Gasteiger partial charge in [0, 0.05) is 18.3 Å². The molecule has 0 fully saturated rings. The summed E-state index contributed by atoms with van der Waals surface area (Å²) >= 11 is 0. The van der Waals surface area contributed by atoms with Gasteiger partial charge in [-0.1, -0.05) is 35.5 Å². The van der Waals surface area contributed by atoms with E-state index in [1.165, 1.54) is 4.90 Å². The van der Waals surface area contributed by atoms with Gasteiger partial charge in [-0.05, 0) is 32.0 Å². The fourth-order valence-corrected chi connectivity index (χ4v) is 3.22. The Morgan fingerprint density at radius 3 is 2.68 bits per heavy atom. The number of ether oxygens (including phenoxy) is 1. The van der Waals surface area contributed by atoms with E-state index in [0.29, 0.717) is 34.1 Å². The summed E-state index contributed by atoms with van der Waals surface area (Å²) in [5, 5.41) is 6.90. The highest BCUT2D eigenvalue weighted by Crippen LogP contribution is 2.36. The third-order valence-corrected chi connectivity index (χ3v) is 4.70. The summed E-state index contributed by atoms with van der Waals surface area (Å²) in [7, 11) is 1.68. The van der Waals surface area contributed by atoms with Crippen LogP contribution in [0.1, 0.15) is 23.0 Å². The summed E-state index contributed by atoms with van der Waals surface area (Å²) < 4.78 is 10.9. The lowest BCUT2D eigenvalue weighted by Crippen LogP contribution is -2.41. The topological polar surface area (TPSA) is 84.7 Å². The Bertz CT molecular complexity index is 1060. The third-order valence-electron chi connectivity index (χ3n) is 4.70. The Morgan fingerprint density at radius 2 is 1.93 bits per heavy atom. The minimum atomic E-state index is -0.536. The van der Waals surface area contributed by atoms with Crippen molar-refractivity contribution in [1.29, 1.82) is 0 Å². The van der Waals surface area contributed by atoms with E-state index in [0.717, 1.165) is 5.56 Å². The lowest BCUT2D eigenvalue weighted by atomic mass is 10.1. The molecule has 7 nitrogen and oxygen atoms in total. The van der Waals surface area contributed by atoms with E-state index in [1.54, 1.807) is 39.1 Å². The van der Waals surface area contributed by atoms with Crippen LogP contribution >= 0.6 is 0 Å². The Hall–Kier alpha value is -3.61. The smallest absolute Gasteiger partial charge is 0.267 e. The molecule has 0 saturated heterocycles. The van der Waals surface area contributed by atoms with Gasteiger partial charge in [-0.15, -0.1) is 0 Å². The molecule has 7 heteroatoms. The van der Waals surface area contributed by atoms with Crippen LogP contribution in [0.25, 0.3) is 11.3 Å². The van der Waals surface area contributed by atoms with Crippen molar-refractivity contribution in [2.45, 2.75) is 20.0 Å². The van der Waals surface area contributed by atoms with Crippen LogP contribution in [0.2, 0.25) is 0 Å². The number of nitrogens with one attached hydrogen (secondary N) is 1. The van der Waals surface area contributed by atoms with Crippen molar-refractivity contribution in [3.63, 3.8) is 0 Å². The van der Waals surface area contributed by atoms with Gasteiger partial charge >= 0.3 is 0 Å². The monoisotopic (exact) mass is 377 g/mol. The average molecular weight is 377 g/mol. The van der Waals surface area contributed by atoms with Crippen LogP contribution in [0, 0.1) is 6.92 Å². The summed E-state index contributed by atoms with van der Waals surface area (Å²) in [5.41, 5.74) is 2.80. The molecule has 0 aliphatic carbocycles. The number of amides is 2. The van der Waals surface area contributed by atoms with Crippen molar-refractivity contribution < 1.29 is 18.8 Å². The highest BCUT2D eigenvalue weighted by molar-refractivity contribution is 6.09. The van der Waals surface area contributed by atoms with Crippen molar-refractivity contribution in [1.82, 2.24) is 5.16 Å². The number of hydrogen-bond donors (Lipinski definition) is 1. The van der Waals surface area contributed by atoms with Crippen LogP contribution < -0.4 is 15.0 Å². The number of aryl methyl sites for hydroxylation is 1. The van der Waals surface area contributed by atoms with Gasteiger partial charge in [-0.2, -0.15) is 0 Å². The number of rotatable bonds is 3. The highest BCUT2D eigenvalue weighted by Gasteiger charge is 2.29. The lowest BCUT2D eigenvalue weighted by molar-refractivity contribution is -0.125. The predicted molar refractivity (Wildman–Crippen MR) is 105 cm³/mol. The summed E-state index contributed by atoms with van der Waals surface area (Å²) in [6.45, 7) is 3.40. The van der Waals surface area contributed by atoms with Crippen LogP contribution in [-0.2, 0) is 4.79 Å². The van der Waals surface area contributed by atoms with Crippen molar-refractivity contribution in [2.75, 3.05) is 17.3 Å². The summed E-state index contributed by atoms with van der Waals surface area (Å²) in [4.78, 5) is 26.6. The van der Waals surface area contributed by atoms with Gasteiger partial charge in [0.1, 0.15) is 22.8 Å². The summed E-state index contributed by atoms with van der Waals surface area (Å²) in [6.07, 6.45) is -0.536. The van der Waals surface area contributed by atoms with Gasteiger partial charge in [-0.25, -0.2) is 0 Å². The van der Waals surface area contributed by atoms with Gasteiger partial charge in [0.15, 0.2) is 6.10 Å². The molecule has 2 aromatic carbocycles. The second kappa shape index (κ2) is 6.84. The number of benzene rings is 2. The predicted octanol–water partition coefficient (Wildman–Crippen LogP) is 3.65. The highest BCUT2D eigenvalue weighted by atomic mass is 16.5. The van der Waals surface area contributed by atoms with Crippen molar-refractivity contribution >= 4 is 23.2 Å². The molecule has 0 bridgehead atoms. The number of carbonyl (C=O) groups is 2. The number of carbonyl (C=O) groups excluding carboxylic acids is 2. The molecular weight excluding hydrogens is 358 g/mol. The van der Waals surface area contributed by atoms with Gasteiger partial charge in [0.2, 0.25) is 0 Å². The zero-order valence-corrected chi connectivity index (χ0v) is 15.7. The largest absolute Gasteiger partial charge is 0.479 e. The second-order valence-corrected chi connectivity index (χ2v) is 6.62. The molecule has 1 aliphatic heterocycles. The van der Waals surface area contributed by atoms with Gasteiger partial charge in [0.25, 0.3) is 11.8 Å². The fraction of sp³-hybridized carbons (Fsp3) is 0.190. The van der Waals surface area contributed by atoms with Gasteiger partial charge in [0.05, 0.1) is 5.69 Å². The minimum Gasteiger partial charge on any atom is -0.479 e. The Balaban J connectivity index is 1.64. The molecule has 3 aromatic rings. The molecule has 28 heavy (non-hydrogen) atoms. The molecule has 0 spiro atoms. The van der Waals surface area contributed by atoms with E-state index in [9.17, 15) is 9.59 Å². The van der Waals surface area contributed by atoms with Gasteiger partial charge < -0.3 is 19.5 Å². The zero-order valence-electron chi connectivity index (χ0n) is 15.7. The SMILES string of the molecule is Cc1onc(-c2ccccc2)c1C(=O)Nc1ccc2c(c1)N(C)C(=O)C(C)O2. The average Bonchev–Trinajstić information content (AvgIpc) is 3.09. The molecule has 1 unspecified atom stereocenters. The molecule has 142 valence electrons. The van der Waals surface area contributed by atoms with Crippen LogP contribution in [0.15, 0.2) is 53.1 Å². The molecule has 1 atom stereocenters. The first-order valence-corrected chi connectivity index (χ1v) is 8.87. The standard InChI is InChI=1S/C21H19N3O4/c1-12-18(19(23-28-12)14-7-5-4-6-8-14)20(25)22-15-9-10-17-16(11-15)24(3)21(26)13(2)27-17/h4-11,13H,1-3H3,(H,22,25). The van der Waals surface area contributed by atoms with Crippen LogP contribution in [0.5, 0.6) is 5.75 Å². The molecule has 2 heterocycles. The first kappa shape index (κ1) is 17.8. The van der Waals surface area contributed by atoms with E-state index in [-0.39, 0.29) is 11.8 Å². The number of anilines is 2. The first-order chi connectivity index (χ1) is 13.5. The molecule has 4 rings (SSSR count). The third kappa shape index (κ3) is 3.00. The van der Waals surface area contributed by atoms with Crippen LogP contribution in [-0.4, -0.2) is 30.1 Å². The van der Waals surface area contributed by atoms with Crippen molar-refractivity contribution in [3.05, 3.63) is 59.9 Å². The number of nitrogens with zero attached hydrogens (tertiary/aromatic N) is 2. The normalized spacial score (nSPS) is 15.8. The Labute approximate surface area is 161 Å². The quantitative estimate of drug-likeness (QED) is 0.753. The number of aromatic nitrogens is 1. The van der Waals surface area contributed by atoms with E-state index in [2.05, 4.69) is 10.5 Å². The molecule has 1 aliphatic rings. The van der Waals surface area contributed by atoms with Crippen molar-refractivity contribution in [3.8, 4) is 17.0 Å². The Morgan fingerprint density at radius 1 is 1.18 bits per heavy atom. The maximum atomic E-state index is 12.9. The number of fused-ring (bicyclic) bond motifs is 1. The van der Waals surface area contributed by atoms with Crippen LogP contribution in [0.3, 0.4) is 0 Å². The fourth-order valence-electron chi connectivity index (χ4n) is 3.22. The lowest BCUT2D eigenvalue weighted by Gasteiger charge is -2.30. The second-order valence-electron chi connectivity index (χ2n) is 6.62. The summed E-state index contributed by atoms with van der Waals surface area (Å²) in [5.74, 6) is 0.548. The number of hydrogen-bond acceptors (Lipinski definition) is 5. The maximum absolute atomic E-state index is 12.9. The van der Waals surface area contributed by atoms with Gasteiger partial charge in [-0.3, -0.25) is 9.59 Å². The van der Waals surface area contributed by atoms with E-state index in [1.807, 2.05) is 30.3 Å². The molecular formula is C21H19N3O4. The van der Waals surface area contributed by atoms with E-state index >= 15 is 0 Å². The molecule has 1 aromatic heterocycles.